The standard InChI is InChI=1S/C15H10FNO3S/c16-11-4-3-9(13-10(11)2-1-6-17-13)8-20-12-5-7-21-14(12)15(18)19/h1-7H,8H2,(H,18,19). The molecule has 0 atom stereocenters. The van der Waals surface area contributed by atoms with E-state index in [1.165, 1.54) is 6.07 Å². The van der Waals surface area contributed by atoms with Crippen LogP contribution in [0.15, 0.2) is 41.9 Å². The molecule has 2 aromatic heterocycles. The lowest BCUT2D eigenvalue weighted by molar-refractivity contribution is 0.0697. The van der Waals surface area contributed by atoms with Gasteiger partial charge in [0.1, 0.15) is 18.2 Å². The molecular weight excluding hydrogens is 293 g/mol. The average molecular weight is 303 g/mol. The van der Waals surface area contributed by atoms with Crippen molar-refractivity contribution in [1.29, 1.82) is 0 Å². The summed E-state index contributed by atoms with van der Waals surface area (Å²) in [5, 5.41) is 11.1. The van der Waals surface area contributed by atoms with Crippen molar-refractivity contribution >= 4 is 28.2 Å². The third-order valence-corrected chi connectivity index (χ3v) is 3.89. The minimum Gasteiger partial charge on any atom is -0.487 e. The molecule has 0 unspecified atom stereocenters. The molecule has 1 N–H and O–H groups in total. The summed E-state index contributed by atoms with van der Waals surface area (Å²) in [7, 11) is 0. The van der Waals surface area contributed by atoms with Gasteiger partial charge in [0.15, 0.2) is 4.88 Å². The van der Waals surface area contributed by atoms with Crippen LogP contribution >= 0.6 is 11.3 Å². The molecule has 106 valence electrons. The molecule has 0 radical (unpaired) electrons. The Balaban J connectivity index is 1.91. The fraction of sp³-hybridized carbons (Fsp3) is 0.0667. The number of aromatic nitrogens is 1. The van der Waals surface area contributed by atoms with E-state index >= 15 is 0 Å². The lowest BCUT2D eigenvalue weighted by Gasteiger charge is -2.08. The van der Waals surface area contributed by atoms with E-state index < -0.39 is 5.97 Å². The molecule has 6 heteroatoms. The fourth-order valence-corrected chi connectivity index (χ4v) is 2.71. The lowest BCUT2D eigenvalue weighted by Crippen LogP contribution is -2.01. The zero-order chi connectivity index (χ0) is 14.8. The third kappa shape index (κ3) is 2.57. The van der Waals surface area contributed by atoms with Crippen LogP contribution in [0.2, 0.25) is 0 Å². The summed E-state index contributed by atoms with van der Waals surface area (Å²) in [6.45, 7) is 0.130. The predicted molar refractivity (Wildman–Crippen MR) is 77.3 cm³/mol. The Morgan fingerprint density at radius 1 is 1.33 bits per heavy atom. The summed E-state index contributed by atoms with van der Waals surface area (Å²) in [4.78, 5) is 15.3. The molecule has 0 saturated heterocycles. The Labute approximate surface area is 123 Å². The number of aromatic carboxylic acids is 1. The number of carboxylic acids is 1. The summed E-state index contributed by atoms with van der Waals surface area (Å²) >= 11 is 1.10. The zero-order valence-electron chi connectivity index (χ0n) is 10.7. The molecule has 0 fully saturated rings. The number of nitrogens with zero attached hydrogens (tertiary/aromatic N) is 1. The first kappa shape index (κ1) is 13.5. The molecule has 3 aromatic rings. The monoisotopic (exact) mass is 303 g/mol. The van der Waals surface area contributed by atoms with Gasteiger partial charge in [-0.3, -0.25) is 4.98 Å². The Morgan fingerprint density at radius 2 is 2.19 bits per heavy atom. The average Bonchev–Trinajstić information content (AvgIpc) is 2.96. The summed E-state index contributed by atoms with van der Waals surface area (Å²) in [6.07, 6.45) is 1.58. The van der Waals surface area contributed by atoms with Crippen LogP contribution in [0.5, 0.6) is 5.75 Å². The van der Waals surface area contributed by atoms with Crippen LogP contribution in [0, 0.1) is 5.82 Å². The first-order valence-electron chi connectivity index (χ1n) is 6.12. The van der Waals surface area contributed by atoms with E-state index in [0.717, 1.165) is 11.3 Å². The van der Waals surface area contributed by atoms with Gasteiger partial charge >= 0.3 is 5.97 Å². The molecule has 4 nitrogen and oxygen atoms in total. The van der Waals surface area contributed by atoms with Gasteiger partial charge in [0.2, 0.25) is 0 Å². The highest BCUT2D eigenvalue weighted by Gasteiger charge is 2.14. The van der Waals surface area contributed by atoms with E-state index in [9.17, 15) is 9.18 Å². The third-order valence-electron chi connectivity index (χ3n) is 3.01. The molecule has 21 heavy (non-hydrogen) atoms. The quantitative estimate of drug-likeness (QED) is 0.798. The normalized spacial score (nSPS) is 10.7. The number of carbonyl (C=O) groups is 1. The molecule has 0 saturated carbocycles. The van der Waals surface area contributed by atoms with Gasteiger partial charge in [-0.2, -0.15) is 0 Å². The number of pyridine rings is 1. The maximum atomic E-state index is 13.7. The molecule has 2 heterocycles. The Kier molecular flexibility index (Phi) is 3.53. The maximum absolute atomic E-state index is 13.7. The van der Waals surface area contributed by atoms with Gasteiger partial charge < -0.3 is 9.84 Å². The van der Waals surface area contributed by atoms with Crippen LogP contribution in [0.1, 0.15) is 15.2 Å². The van der Waals surface area contributed by atoms with Crippen molar-refractivity contribution in [1.82, 2.24) is 4.98 Å². The van der Waals surface area contributed by atoms with Gasteiger partial charge in [0.25, 0.3) is 0 Å². The SMILES string of the molecule is O=C(O)c1sccc1OCc1ccc(F)c2cccnc12. The Bertz CT molecular complexity index is 816. The second-order valence-corrected chi connectivity index (χ2v) is 5.23. The van der Waals surface area contributed by atoms with E-state index in [-0.39, 0.29) is 17.3 Å². The molecule has 3 rings (SSSR count). The molecule has 1 aromatic carbocycles. The topological polar surface area (TPSA) is 59.4 Å². The zero-order valence-corrected chi connectivity index (χ0v) is 11.6. The van der Waals surface area contributed by atoms with E-state index in [2.05, 4.69) is 4.98 Å². The predicted octanol–water partition coefficient (Wildman–Crippen LogP) is 3.71. The van der Waals surface area contributed by atoms with Crippen LogP contribution in [0.25, 0.3) is 10.9 Å². The maximum Gasteiger partial charge on any atom is 0.349 e. The number of hydrogen-bond donors (Lipinski definition) is 1. The summed E-state index contributed by atoms with van der Waals surface area (Å²) in [6, 6.07) is 7.87. The summed E-state index contributed by atoms with van der Waals surface area (Å²) < 4.78 is 19.2. The first-order valence-corrected chi connectivity index (χ1v) is 7.00. The van der Waals surface area contributed by atoms with Crippen LogP contribution in [-0.4, -0.2) is 16.1 Å². The van der Waals surface area contributed by atoms with Crippen molar-refractivity contribution in [2.24, 2.45) is 0 Å². The number of hydrogen-bond acceptors (Lipinski definition) is 4. The fourth-order valence-electron chi connectivity index (χ4n) is 2.04. The number of thiophene rings is 1. The number of benzene rings is 1. The van der Waals surface area contributed by atoms with Crippen LogP contribution in [-0.2, 0) is 6.61 Å². The second kappa shape index (κ2) is 5.49. The number of fused-ring (bicyclic) bond motifs is 1. The van der Waals surface area contributed by atoms with E-state index in [0.29, 0.717) is 22.2 Å². The van der Waals surface area contributed by atoms with Gasteiger partial charge in [-0.05, 0) is 29.6 Å². The van der Waals surface area contributed by atoms with Gasteiger partial charge in [-0.1, -0.05) is 6.07 Å². The van der Waals surface area contributed by atoms with Crippen molar-refractivity contribution in [3.8, 4) is 5.75 Å². The Hall–Kier alpha value is -2.47. The van der Waals surface area contributed by atoms with Crippen molar-refractivity contribution in [2.75, 3.05) is 0 Å². The number of carboxylic acid groups (broad SMARTS) is 1. The number of ether oxygens (including phenoxy) is 1. The molecule has 0 aliphatic carbocycles. The first-order chi connectivity index (χ1) is 10.2. The number of halogens is 1. The molecule has 0 bridgehead atoms. The second-order valence-electron chi connectivity index (χ2n) is 4.31. The molecule has 0 spiro atoms. The molecule has 0 aliphatic heterocycles. The smallest absolute Gasteiger partial charge is 0.349 e. The molecule has 0 aliphatic rings. The highest BCUT2D eigenvalue weighted by molar-refractivity contribution is 7.12. The highest BCUT2D eigenvalue weighted by atomic mass is 32.1. The van der Waals surface area contributed by atoms with Gasteiger partial charge in [0.05, 0.1) is 5.52 Å². The van der Waals surface area contributed by atoms with Crippen molar-refractivity contribution in [2.45, 2.75) is 6.61 Å². The van der Waals surface area contributed by atoms with E-state index in [4.69, 9.17) is 9.84 Å². The largest absolute Gasteiger partial charge is 0.487 e. The lowest BCUT2D eigenvalue weighted by atomic mass is 10.1. The van der Waals surface area contributed by atoms with E-state index in [1.807, 2.05) is 0 Å². The van der Waals surface area contributed by atoms with Crippen molar-refractivity contribution in [3.05, 3.63) is 58.2 Å². The van der Waals surface area contributed by atoms with Gasteiger partial charge in [-0.25, -0.2) is 9.18 Å². The van der Waals surface area contributed by atoms with E-state index in [1.54, 1.807) is 35.8 Å². The molecule has 0 amide bonds. The van der Waals surface area contributed by atoms with Crippen LogP contribution in [0.3, 0.4) is 0 Å². The van der Waals surface area contributed by atoms with Gasteiger partial charge in [-0.15, -0.1) is 11.3 Å². The highest BCUT2D eigenvalue weighted by Crippen LogP contribution is 2.27. The summed E-state index contributed by atoms with van der Waals surface area (Å²) in [5.41, 5.74) is 1.22. The van der Waals surface area contributed by atoms with Crippen LogP contribution < -0.4 is 4.74 Å². The summed E-state index contributed by atoms with van der Waals surface area (Å²) in [5.74, 6) is -1.06. The number of rotatable bonds is 4. The van der Waals surface area contributed by atoms with Gasteiger partial charge in [0, 0.05) is 17.1 Å². The van der Waals surface area contributed by atoms with Crippen LogP contribution in [0.4, 0.5) is 4.39 Å². The van der Waals surface area contributed by atoms with Crippen molar-refractivity contribution < 1.29 is 19.0 Å². The Morgan fingerprint density at radius 3 is 3.00 bits per heavy atom. The minimum absolute atomic E-state index is 0.130. The molecular formula is C15H10FNO3S. The van der Waals surface area contributed by atoms with Crippen molar-refractivity contribution in [3.63, 3.8) is 0 Å². The minimum atomic E-state index is -1.03.